The fourth-order valence-electron chi connectivity index (χ4n) is 1.96. The van der Waals surface area contributed by atoms with Crippen LogP contribution in [0.25, 0.3) is 0 Å². The van der Waals surface area contributed by atoms with Gasteiger partial charge in [-0.25, -0.2) is 4.39 Å². The lowest BCUT2D eigenvalue weighted by Gasteiger charge is -2.43. The minimum absolute atomic E-state index is 0.291. The summed E-state index contributed by atoms with van der Waals surface area (Å²) in [5, 5.41) is 8.65. The maximum atomic E-state index is 13.6. The van der Waals surface area contributed by atoms with Gasteiger partial charge in [-0.2, -0.15) is 5.26 Å². The largest absolute Gasteiger partial charge is 0.368 e. The van der Waals surface area contributed by atoms with Crippen LogP contribution in [0.3, 0.4) is 0 Å². The van der Waals surface area contributed by atoms with Gasteiger partial charge in [0.25, 0.3) is 0 Å². The highest BCUT2D eigenvalue weighted by molar-refractivity contribution is 5.53. The van der Waals surface area contributed by atoms with E-state index in [1.165, 1.54) is 6.07 Å². The highest BCUT2D eigenvalue weighted by Gasteiger charge is 2.30. The van der Waals surface area contributed by atoms with Gasteiger partial charge in [0.15, 0.2) is 0 Å². The minimum atomic E-state index is -0.291. The predicted octanol–water partition coefficient (Wildman–Crippen LogP) is 2.79. The third-order valence-corrected chi connectivity index (χ3v) is 3.27. The number of benzene rings is 1. The van der Waals surface area contributed by atoms with Crippen molar-refractivity contribution in [2.24, 2.45) is 11.8 Å². The predicted molar refractivity (Wildman–Crippen MR) is 61.7 cm³/mol. The number of anilines is 1. The van der Waals surface area contributed by atoms with E-state index < -0.39 is 0 Å². The minimum Gasteiger partial charge on any atom is -0.368 e. The average molecular weight is 218 g/mol. The van der Waals surface area contributed by atoms with E-state index in [1.807, 2.05) is 11.0 Å². The zero-order chi connectivity index (χ0) is 11.7. The van der Waals surface area contributed by atoms with Crippen LogP contribution in [-0.2, 0) is 0 Å². The van der Waals surface area contributed by atoms with E-state index in [4.69, 9.17) is 5.26 Å². The Bertz CT molecular complexity index is 428. The molecule has 1 heterocycles. The van der Waals surface area contributed by atoms with Crippen molar-refractivity contribution in [3.63, 3.8) is 0 Å². The van der Waals surface area contributed by atoms with E-state index in [-0.39, 0.29) is 5.82 Å². The van der Waals surface area contributed by atoms with Gasteiger partial charge in [0, 0.05) is 13.1 Å². The summed E-state index contributed by atoms with van der Waals surface area (Å²) < 4.78 is 13.6. The molecule has 0 bridgehead atoms. The lowest BCUT2D eigenvalue weighted by atomic mass is 9.88. The molecule has 2 rings (SSSR count). The molecule has 1 aliphatic rings. The number of nitriles is 1. The van der Waals surface area contributed by atoms with Crippen LogP contribution in [0.15, 0.2) is 18.2 Å². The van der Waals surface area contributed by atoms with Gasteiger partial charge in [0.1, 0.15) is 5.82 Å². The maximum absolute atomic E-state index is 13.6. The average Bonchev–Trinajstić information content (AvgIpc) is 2.17. The molecule has 0 spiro atoms. The fraction of sp³-hybridized carbons (Fsp3) is 0.462. The van der Waals surface area contributed by atoms with Crippen LogP contribution in [-0.4, -0.2) is 13.1 Å². The van der Waals surface area contributed by atoms with Crippen LogP contribution in [0, 0.1) is 29.0 Å². The molecule has 0 amide bonds. The topological polar surface area (TPSA) is 27.0 Å². The Hall–Kier alpha value is -1.56. The zero-order valence-electron chi connectivity index (χ0n) is 9.57. The Morgan fingerprint density at radius 1 is 1.44 bits per heavy atom. The second-order valence-corrected chi connectivity index (χ2v) is 4.69. The molecular formula is C13H15FN2. The highest BCUT2D eigenvalue weighted by Crippen LogP contribution is 2.31. The summed E-state index contributed by atoms with van der Waals surface area (Å²) in [5.74, 6) is 1.02. The molecule has 0 saturated carbocycles. The van der Waals surface area contributed by atoms with Gasteiger partial charge in [-0.15, -0.1) is 0 Å². The van der Waals surface area contributed by atoms with E-state index in [0.717, 1.165) is 13.1 Å². The van der Waals surface area contributed by atoms with Gasteiger partial charge in [-0.3, -0.25) is 0 Å². The molecule has 0 unspecified atom stereocenters. The molecular weight excluding hydrogens is 203 g/mol. The van der Waals surface area contributed by atoms with E-state index in [0.29, 0.717) is 23.1 Å². The Morgan fingerprint density at radius 2 is 2.12 bits per heavy atom. The summed E-state index contributed by atoms with van der Waals surface area (Å²) in [6.07, 6.45) is 0. The monoisotopic (exact) mass is 218 g/mol. The fourth-order valence-corrected chi connectivity index (χ4v) is 1.96. The number of hydrogen-bond acceptors (Lipinski definition) is 2. The van der Waals surface area contributed by atoms with Crippen LogP contribution in [0.2, 0.25) is 0 Å². The first-order chi connectivity index (χ1) is 7.61. The van der Waals surface area contributed by atoms with Gasteiger partial charge in [0.2, 0.25) is 0 Å². The number of hydrogen-bond donors (Lipinski definition) is 0. The molecule has 1 aromatic carbocycles. The Kier molecular flexibility index (Phi) is 2.82. The van der Waals surface area contributed by atoms with Crippen molar-refractivity contribution in [1.29, 1.82) is 5.26 Å². The quantitative estimate of drug-likeness (QED) is 0.763. The van der Waals surface area contributed by atoms with Crippen molar-refractivity contribution in [2.45, 2.75) is 13.8 Å². The van der Waals surface area contributed by atoms with E-state index in [9.17, 15) is 4.39 Å². The molecule has 0 atom stereocenters. The lowest BCUT2D eigenvalue weighted by molar-refractivity contribution is 0.307. The lowest BCUT2D eigenvalue weighted by Crippen LogP contribution is -2.49. The summed E-state index contributed by atoms with van der Waals surface area (Å²) in [6.45, 7) is 6.22. The number of nitrogens with zero attached hydrogens (tertiary/aromatic N) is 2. The molecule has 1 aliphatic heterocycles. The van der Waals surface area contributed by atoms with Crippen molar-refractivity contribution in [3.05, 3.63) is 29.6 Å². The molecule has 0 aliphatic carbocycles. The van der Waals surface area contributed by atoms with Crippen LogP contribution in [0.4, 0.5) is 10.1 Å². The summed E-state index contributed by atoms with van der Waals surface area (Å²) >= 11 is 0. The third-order valence-electron chi connectivity index (χ3n) is 3.27. The Labute approximate surface area is 95.3 Å². The maximum Gasteiger partial charge on any atom is 0.147 e. The number of halogens is 1. The standard InChI is InChI=1S/C13H15FN2/c1-9(2)11-7-16(8-11)13-4-3-10(6-15)5-12(13)14/h3-5,9,11H,7-8H2,1-2H3. The Balaban J connectivity index is 2.10. The van der Waals surface area contributed by atoms with E-state index >= 15 is 0 Å². The molecule has 0 aromatic heterocycles. The summed E-state index contributed by atoms with van der Waals surface area (Å²) in [7, 11) is 0. The van der Waals surface area contributed by atoms with Crippen LogP contribution in [0.5, 0.6) is 0 Å². The third kappa shape index (κ3) is 1.88. The second kappa shape index (κ2) is 4.13. The summed E-state index contributed by atoms with van der Waals surface area (Å²) in [4.78, 5) is 2.03. The molecule has 0 radical (unpaired) electrons. The van der Waals surface area contributed by atoms with Crippen molar-refractivity contribution in [1.82, 2.24) is 0 Å². The van der Waals surface area contributed by atoms with Gasteiger partial charge >= 0.3 is 0 Å². The van der Waals surface area contributed by atoms with Crippen molar-refractivity contribution >= 4 is 5.69 Å². The van der Waals surface area contributed by atoms with Gasteiger partial charge in [0.05, 0.1) is 17.3 Å². The van der Waals surface area contributed by atoms with Crippen LogP contribution in [0.1, 0.15) is 19.4 Å². The zero-order valence-corrected chi connectivity index (χ0v) is 9.57. The molecule has 1 saturated heterocycles. The first-order valence-electron chi connectivity index (χ1n) is 5.56. The Morgan fingerprint density at radius 3 is 2.62 bits per heavy atom. The van der Waals surface area contributed by atoms with Crippen LogP contribution >= 0.6 is 0 Å². The number of rotatable bonds is 2. The molecule has 84 valence electrons. The van der Waals surface area contributed by atoms with Gasteiger partial charge < -0.3 is 4.90 Å². The molecule has 3 heteroatoms. The van der Waals surface area contributed by atoms with Crippen molar-refractivity contribution < 1.29 is 4.39 Å². The molecule has 2 nitrogen and oxygen atoms in total. The second-order valence-electron chi connectivity index (χ2n) is 4.69. The first kappa shape index (κ1) is 10.9. The smallest absolute Gasteiger partial charge is 0.147 e. The molecule has 0 N–H and O–H groups in total. The molecule has 1 fully saturated rings. The van der Waals surface area contributed by atoms with Crippen LogP contribution < -0.4 is 4.90 Å². The van der Waals surface area contributed by atoms with E-state index in [1.54, 1.807) is 12.1 Å². The van der Waals surface area contributed by atoms with E-state index in [2.05, 4.69) is 13.8 Å². The first-order valence-corrected chi connectivity index (χ1v) is 5.56. The van der Waals surface area contributed by atoms with Gasteiger partial charge in [-0.1, -0.05) is 13.8 Å². The highest BCUT2D eigenvalue weighted by atomic mass is 19.1. The molecule has 16 heavy (non-hydrogen) atoms. The van der Waals surface area contributed by atoms with Gasteiger partial charge in [-0.05, 0) is 30.0 Å². The van der Waals surface area contributed by atoms with Crippen molar-refractivity contribution in [2.75, 3.05) is 18.0 Å². The normalized spacial score (nSPS) is 16.1. The van der Waals surface area contributed by atoms with Crippen molar-refractivity contribution in [3.8, 4) is 6.07 Å². The molecule has 1 aromatic rings. The SMILES string of the molecule is CC(C)C1CN(c2ccc(C#N)cc2F)C1. The summed E-state index contributed by atoms with van der Waals surface area (Å²) in [5.41, 5.74) is 0.998. The summed E-state index contributed by atoms with van der Waals surface area (Å²) in [6, 6.07) is 6.61.